The fraction of sp³-hybridized carbons (Fsp3) is 0.667. The number of aromatic nitrogens is 2. The highest BCUT2D eigenvalue weighted by atomic mass is 16.5. The molecule has 0 amide bonds. The Morgan fingerprint density at radius 1 is 1.62 bits per heavy atom. The molecule has 4 heteroatoms. The second kappa shape index (κ2) is 5.72. The Kier molecular flexibility index (Phi) is 4.49. The molecular weight excluding hydrogens is 166 g/mol. The van der Waals surface area contributed by atoms with Gasteiger partial charge in [-0.25, -0.2) is 4.98 Å². The first-order valence-corrected chi connectivity index (χ1v) is 4.65. The van der Waals surface area contributed by atoms with E-state index in [0.29, 0.717) is 6.54 Å². The Hall–Kier alpha value is -0.870. The van der Waals surface area contributed by atoms with Crippen LogP contribution in [0.1, 0.15) is 12.6 Å². The smallest absolute Gasteiger partial charge is 0.0950 e. The van der Waals surface area contributed by atoms with E-state index in [4.69, 9.17) is 10.5 Å². The molecule has 0 unspecified atom stereocenters. The van der Waals surface area contributed by atoms with Gasteiger partial charge in [-0.3, -0.25) is 0 Å². The highest BCUT2D eigenvalue weighted by Gasteiger charge is 1.96. The van der Waals surface area contributed by atoms with E-state index in [1.807, 2.05) is 24.0 Å². The zero-order valence-corrected chi connectivity index (χ0v) is 8.07. The zero-order chi connectivity index (χ0) is 9.52. The lowest BCUT2D eigenvalue weighted by molar-refractivity contribution is 0.139. The molecule has 0 aliphatic rings. The normalized spacial score (nSPS) is 10.6. The van der Waals surface area contributed by atoms with Crippen LogP contribution >= 0.6 is 0 Å². The van der Waals surface area contributed by atoms with Crippen molar-refractivity contribution in [2.45, 2.75) is 19.9 Å². The number of imidazole rings is 1. The maximum atomic E-state index is 5.42. The Labute approximate surface area is 78.7 Å². The average molecular weight is 183 g/mol. The molecule has 0 saturated heterocycles. The predicted octanol–water partition coefficient (Wildman–Crippen LogP) is 0.421. The van der Waals surface area contributed by atoms with Gasteiger partial charge in [-0.1, -0.05) is 0 Å². The van der Waals surface area contributed by atoms with Gasteiger partial charge < -0.3 is 15.0 Å². The van der Waals surface area contributed by atoms with Crippen LogP contribution in [0.2, 0.25) is 0 Å². The molecule has 4 nitrogen and oxygen atoms in total. The summed E-state index contributed by atoms with van der Waals surface area (Å²) < 4.78 is 7.26. The molecule has 0 atom stereocenters. The van der Waals surface area contributed by atoms with Crippen molar-refractivity contribution in [2.24, 2.45) is 5.73 Å². The lowest BCUT2D eigenvalue weighted by atomic mass is 10.3. The lowest BCUT2D eigenvalue weighted by Gasteiger charge is -2.00. The van der Waals surface area contributed by atoms with Crippen molar-refractivity contribution in [1.29, 1.82) is 0 Å². The molecule has 0 saturated carbocycles. The quantitative estimate of drug-likeness (QED) is 0.650. The first-order chi connectivity index (χ1) is 6.36. The highest BCUT2D eigenvalue weighted by molar-refractivity contribution is 4.96. The van der Waals surface area contributed by atoms with E-state index >= 15 is 0 Å². The van der Waals surface area contributed by atoms with Gasteiger partial charge >= 0.3 is 0 Å². The van der Waals surface area contributed by atoms with E-state index in [1.54, 1.807) is 0 Å². The van der Waals surface area contributed by atoms with Gasteiger partial charge in [-0.05, 0) is 13.5 Å². The summed E-state index contributed by atoms with van der Waals surface area (Å²) in [5, 5.41) is 0. The molecule has 0 aromatic carbocycles. The fourth-order valence-corrected chi connectivity index (χ4v) is 1.12. The molecule has 74 valence electrons. The Balaban J connectivity index is 2.31. The maximum Gasteiger partial charge on any atom is 0.0950 e. The van der Waals surface area contributed by atoms with Crippen LogP contribution in [0, 0.1) is 0 Å². The van der Waals surface area contributed by atoms with Crippen molar-refractivity contribution in [2.75, 3.05) is 19.8 Å². The Morgan fingerprint density at radius 2 is 2.46 bits per heavy atom. The predicted molar refractivity (Wildman–Crippen MR) is 51.5 cm³/mol. The number of hydrogen-bond donors (Lipinski definition) is 1. The van der Waals surface area contributed by atoms with E-state index in [0.717, 1.165) is 31.9 Å². The minimum Gasteiger partial charge on any atom is -0.380 e. The summed E-state index contributed by atoms with van der Waals surface area (Å²) in [7, 11) is 0. The maximum absolute atomic E-state index is 5.42. The first-order valence-electron chi connectivity index (χ1n) is 4.65. The minimum absolute atomic E-state index is 0.655. The van der Waals surface area contributed by atoms with E-state index in [9.17, 15) is 0 Å². The van der Waals surface area contributed by atoms with Crippen LogP contribution < -0.4 is 5.73 Å². The van der Waals surface area contributed by atoms with E-state index in [-0.39, 0.29) is 0 Å². The number of hydrogen-bond acceptors (Lipinski definition) is 3. The Bertz CT molecular complexity index is 235. The van der Waals surface area contributed by atoms with Crippen LogP contribution in [-0.2, 0) is 17.7 Å². The van der Waals surface area contributed by atoms with Gasteiger partial charge in [-0.2, -0.15) is 0 Å². The number of nitrogens with two attached hydrogens (primary N) is 1. The summed E-state index contributed by atoms with van der Waals surface area (Å²) >= 11 is 0. The van der Waals surface area contributed by atoms with Gasteiger partial charge in [0, 0.05) is 25.8 Å². The molecule has 13 heavy (non-hydrogen) atoms. The van der Waals surface area contributed by atoms with E-state index < -0.39 is 0 Å². The van der Waals surface area contributed by atoms with Crippen molar-refractivity contribution in [3.8, 4) is 0 Å². The number of ether oxygens (including phenoxy) is 1. The van der Waals surface area contributed by atoms with Crippen LogP contribution in [0.4, 0.5) is 0 Å². The zero-order valence-electron chi connectivity index (χ0n) is 8.07. The molecule has 1 aromatic rings. The molecule has 0 radical (unpaired) electrons. The number of nitrogens with zero attached hydrogens (tertiary/aromatic N) is 2. The highest BCUT2D eigenvalue weighted by Crippen LogP contribution is 1.96. The molecule has 0 spiro atoms. The summed E-state index contributed by atoms with van der Waals surface area (Å²) in [5.74, 6) is 0. The van der Waals surface area contributed by atoms with Gasteiger partial charge in [0.15, 0.2) is 0 Å². The molecule has 2 N–H and O–H groups in total. The van der Waals surface area contributed by atoms with Crippen molar-refractivity contribution in [3.63, 3.8) is 0 Å². The standard InChI is InChI=1S/C9H17N3O/c1-2-13-6-5-12-7-9(3-4-10)11-8-12/h7-8H,2-6,10H2,1H3. The van der Waals surface area contributed by atoms with Crippen molar-refractivity contribution < 1.29 is 4.74 Å². The monoisotopic (exact) mass is 183 g/mol. The second-order valence-electron chi connectivity index (χ2n) is 2.84. The second-order valence-corrected chi connectivity index (χ2v) is 2.84. The molecule has 0 fully saturated rings. The summed E-state index contributed by atoms with van der Waals surface area (Å²) in [6.07, 6.45) is 4.69. The Morgan fingerprint density at radius 3 is 3.15 bits per heavy atom. The summed E-state index contributed by atoms with van der Waals surface area (Å²) in [6, 6.07) is 0. The third kappa shape index (κ3) is 3.57. The third-order valence-corrected chi connectivity index (χ3v) is 1.79. The van der Waals surface area contributed by atoms with E-state index in [2.05, 4.69) is 4.98 Å². The molecule has 1 aromatic heterocycles. The van der Waals surface area contributed by atoms with Gasteiger partial charge in [0.1, 0.15) is 0 Å². The van der Waals surface area contributed by atoms with Crippen LogP contribution in [0.15, 0.2) is 12.5 Å². The molecule has 1 heterocycles. The van der Waals surface area contributed by atoms with Gasteiger partial charge in [0.25, 0.3) is 0 Å². The minimum atomic E-state index is 0.655. The summed E-state index contributed by atoms with van der Waals surface area (Å²) in [6.45, 7) is 5.03. The number of rotatable bonds is 6. The van der Waals surface area contributed by atoms with Gasteiger partial charge in [0.2, 0.25) is 0 Å². The molecular formula is C9H17N3O. The molecule has 1 rings (SSSR count). The van der Waals surface area contributed by atoms with Gasteiger partial charge in [-0.15, -0.1) is 0 Å². The van der Waals surface area contributed by atoms with Crippen molar-refractivity contribution in [1.82, 2.24) is 9.55 Å². The van der Waals surface area contributed by atoms with Crippen molar-refractivity contribution >= 4 is 0 Å². The van der Waals surface area contributed by atoms with Gasteiger partial charge in [0.05, 0.1) is 18.6 Å². The molecule has 0 bridgehead atoms. The molecule has 0 aliphatic carbocycles. The van der Waals surface area contributed by atoms with Crippen LogP contribution in [0.5, 0.6) is 0 Å². The van der Waals surface area contributed by atoms with E-state index in [1.165, 1.54) is 0 Å². The fourth-order valence-electron chi connectivity index (χ4n) is 1.12. The molecule has 0 aliphatic heterocycles. The topological polar surface area (TPSA) is 53.1 Å². The third-order valence-electron chi connectivity index (χ3n) is 1.79. The summed E-state index contributed by atoms with van der Waals surface area (Å²) in [4.78, 5) is 4.21. The largest absolute Gasteiger partial charge is 0.380 e. The van der Waals surface area contributed by atoms with Crippen LogP contribution in [0.3, 0.4) is 0 Å². The summed E-state index contributed by atoms with van der Waals surface area (Å²) in [5.41, 5.74) is 6.47. The van der Waals surface area contributed by atoms with Crippen LogP contribution in [0.25, 0.3) is 0 Å². The SMILES string of the molecule is CCOCCn1cnc(CCN)c1. The van der Waals surface area contributed by atoms with Crippen LogP contribution in [-0.4, -0.2) is 29.3 Å². The first kappa shape index (κ1) is 10.2. The lowest BCUT2D eigenvalue weighted by Crippen LogP contribution is -2.04. The average Bonchev–Trinajstić information content (AvgIpc) is 2.54. The van der Waals surface area contributed by atoms with Crippen molar-refractivity contribution in [3.05, 3.63) is 18.2 Å².